The Kier molecular flexibility index (Phi) is 12.2. The third-order valence-corrected chi connectivity index (χ3v) is 6.95. The van der Waals surface area contributed by atoms with Crippen molar-refractivity contribution in [2.75, 3.05) is 26.0 Å². The summed E-state index contributed by atoms with van der Waals surface area (Å²) in [5.41, 5.74) is 1.97. The number of amides is 1. The second-order valence-corrected chi connectivity index (χ2v) is 11.0. The molecule has 1 amide bonds. The van der Waals surface area contributed by atoms with Gasteiger partial charge in [0, 0.05) is 26.1 Å². The number of ether oxygens (including phenoxy) is 1. The molecule has 0 unspecified atom stereocenters. The summed E-state index contributed by atoms with van der Waals surface area (Å²) in [5, 5.41) is 16.9. The van der Waals surface area contributed by atoms with Crippen LogP contribution in [0.1, 0.15) is 37.8 Å². The molecule has 0 heterocycles. The summed E-state index contributed by atoms with van der Waals surface area (Å²) in [6.45, 7) is 5.18. The number of benzene rings is 2. The van der Waals surface area contributed by atoms with Crippen molar-refractivity contribution in [2.24, 2.45) is 5.92 Å². The molecule has 0 aliphatic carbocycles. The lowest BCUT2D eigenvalue weighted by atomic mass is 10.0. The van der Waals surface area contributed by atoms with E-state index >= 15 is 0 Å². The monoisotopic (exact) mass is 505 g/mol. The van der Waals surface area contributed by atoms with Gasteiger partial charge in [-0.15, -0.1) is 0 Å². The summed E-state index contributed by atoms with van der Waals surface area (Å²) in [7, 11) is -1.92. The van der Waals surface area contributed by atoms with Crippen molar-refractivity contribution in [1.29, 1.82) is 0 Å². The van der Waals surface area contributed by atoms with Gasteiger partial charge in [-0.1, -0.05) is 56.3 Å². The summed E-state index contributed by atoms with van der Waals surface area (Å²) < 4.78 is 32.2. The van der Waals surface area contributed by atoms with Crippen molar-refractivity contribution in [3.63, 3.8) is 0 Å². The van der Waals surface area contributed by atoms with Crippen molar-refractivity contribution in [1.82, 2.24) is 15.4 Å². The average Bonchev–Trinajstić information content (AvgIpc) is 2.83. The molecule has 2 rings (SSSR count). The molecule has 0 fully saturated rings. The highest BCUT2D eigenvalue weighted by molar-refractivity contribution is 7.89. The van der Waals surface area contributed by atoms with E-state index in [1.165, 1.54) is 0 Å². The summed E-state index contributed by atoms with van der Waals surface area (Å²) in [6, 6.07) is 16.6. The van der Waals surface area contributed by atoms with Gasteiger partial charge in [0.15, 0.2) is 0 Å². The maximum absolute atomic E-state index is 12.6. The van der Waals surface area contributed by atoms with Crippen molar-refractivity contribution < 1.29 is 23.1 Å². The number of hydrogen-bond acceptors (Lipinski definition) is 6. The molecular weight excluding hydrogens is 466 g/mol. The number of methoxy groups -OCH3 is 1. The predicted molar refractivity (Wildman–Crippen MR) is 139 cm³/mol. The number of aliphatic hydroxyl groups is 1. The fraction of sp³-hybridized carbons (Fsp3) is 0.500. The standard InChI is InChI=1S/C26H39N3O5S/c1-20(2)12-14-28-35(32,33)15-13-26(31)29-24(17-21-8-5-4-6-9-21)25(30)19-27-18-22-10-7-11-23(16-22)34-3/h4-11,16,20,24-25,27-28,30H,12-15,17-19H2,1-3H3,(H,29,31)/t24-,25+/m0/s1. The Labute approximate surface area is 209 Å². The van der Waals surface area contributed by atoms with Gasteiger partial charge in [-0.25, -0.2) is 13.1 Å². The second kappa shape index (κ2) is 14.8. The number of carbonyl (C=O) groups is 1. The molecule has 2 aromatic rings. The highest BCUT2D eigenvalue weighted by Crippen LogP contribution is 2.12. The van der Waals surface area contributed by atoms with E-state index in [-0.39, 0.29) is 18.7 Å². The van der Waals surface area contributed by atoms with Gasteiger partial charge in [-0.2, -0.15) is 0 Å². The minimum absolute atomic E-state index is 0.174. The van der Waals surface area contributed by atoms with E-state index in [0.717, 1.165) is 23.3 Å². The number of nitrogens with one attached hydrogen (secondary N) is 3. The lowest BCUT2D eigenvalue weighted by Gasteiger charge is -2.25. The summed E-state index contributed by atoms with van der Waals surface area (Å²) >= 11 is 0. The van der Waals surface area contributed by atoms with Crippen LogP contribution in [0.4, 0.5) is 0 Å². The molecule has 0 spiro atoms. The Hall–Kier alpha value is -2.46. The van der Waals surface area contributed by atoms with Gasteiger partial charge in [0.25, 0.3) is 0 Å². The molecule has 0 saturated heterocycles. The van der Waals surface area contributed by atoms with Crippen molar-refractivity contribution >= 4 is 15.9 Å². The zero-order valence-corrected chi connectivity index (χ0v) is 21.7. The van der Waals surface area contributed by atoms with Crippen LogP contribution in [-0.4, -0.2) is 57.5 Å². The fourth-order valence-electron chi connectivity index (χ4n) is 3.52. The van der Waals surface area contributed by atoms with Gasteiger partial charge in [0.1, 0.15) is 5.75 Å². The number of carbonyl (C=O) groups excluding carboxylic acids is 1. The van der Waals surface area contributed by atoms with Crippen molar-refractivity contribution in [3.05, 3.63) is 65.7 Å². The van der Waals surface area contributed by atoms with E-state index in [9.17, 15) is 18.3 Å². The minimum Gasteiger partial charge on any atom is -0.497 e. The molecule has 0 bridgehead atoms. The molecule has 2 aromatic carbocycles. The number of aliphatic hydroxyl groups excluding tert-OH is 1. The molecule has 2 atom stereocenters. The smallest absolute Gasteiger partial charge is 0.221 e. The average molecular weight is 506 g/mol. The third-order valence-electron chi connectivity index (χ3n) is 5.57. The summed E-state index contributed by atoms with van der Waals surface area (Å²) in [5.74, 6) is 0.442. The maximum Gasteiger partial charge on any atom is 0.221 e. The Bertz CT molecular complexity index is 999. The third kappa shape index (κ3) is 11.7. The molecule has 4 N–H and O–H groups in total. The molecule has 0 saturated carbocycles. The van der Waals surface area contributed by atoms with Crippen LogP contribution >= 0.6 is 0 Å². The van der Waals surface area contributed by atoms with E-state index < -0.39 is 28.1 Å². The Balaban J connectivity index is 1.92. The molecule has 194 valence electrons. The first-order valence-electron chi connectivity index (χ1n) is 12.0. The molecule has 0 aliphatic heterocycles. The van der Waals surface area contributed by atoms with Crippen LogP contribution in [0.2, 0.25) is 0 Å². The van der Waals surface area contributed by atoms with Crippen LogP contribution < -0.4 is 20.1 Å². The zero-order chi connectivity index (χ0) is 25.7. The number of hydrogen-bond donors (Lipinski definition) is 4. The van der Waals surface area contributed by atoms with Crippen LogP contribution in [0.25, 0.3) is 0 Å². The first kappa shape index (κ1) is 28.8. The SMILES string of the molecule is COc1cccc(CNC[C@@H](O)[C@H](Cc2ccccc2)NC(=O)CCS(=O)(=O)NCCC(C)C)c1. The van der Waals surface area contributed by atoms with Crippen LogP contribution in [-0.2, 0) is 27.8 Å². The van der Waals surface area contributed by atoms with E-state index in [1.807, 2.05) is 68.4 Å². The van der Waals surface area contributed by atoms with Gasteiger partial charge in [0.2, 0.25) is 15.9 Å². The second-order valence-electron chi connectivity index (χ2n) is 9.06. The number of sulfonamides is 1. The van der Waals surface area contributed by atoms with E-state index in [4.69, 9.17) is 4.74 Å². The topological polar surface area (TPSA) is 117 Å². The predicted octanol–water partition coefficient (Wildman–Crippen LogP) is 2.23. The van der Waals surface area contributed by atoms with Crippen LogP contribution in [0.15, 0.2) is 54.6 Å². The van der Waals surface area contributed by atoms with Gasteiger partial charge in [-0.3, -0.25) is 4.79 Å². The highest BCUT2D eigenvalue weighted by atomic mass is 32.2. The van der Waals surface area contributed by atoms with Crippen LogP contribution in [0.3, 0.4) is 0 Å². The quantitative estimate of drug-likeness (QED) is 0.278. The van der Waals surface area contributed by atoms with Crippen LogP contribution in [0, 0.1) is 5.92 Å². The first-order valence-corrected chi connectivity index (χ1v) is 13.7. The largest absolute Gasteiger partial charge is 0.497 e. The fourth-order valence-corrected chi connectivity index (χ4v) is 4.55. The lowest BCUT2D eigenvalue weighted by Crippen LogP contribution is -2.49. The minimum atomic E-state index is -3.53. The molecule has 0 aromatic heterocycles. The molecular formula is C26H39N3O5S. The molecule has 35 heavy (non-hydrogen) atoms. The van der Waals surface area contributed by atoms with E-state index in [2.05, 4.69) is 15.4 Å². The molecule has 8 nitrogen and oxygen atoms in total. The van der Waals surface area contributed by atoms with Gasteiger partial charge < -0.3 is 20.5 Å². The Morgan fingerprint density at radius 2 is 1.77 bits per heavy atom. The molecule has 9 heteroatoms. The normalized spacial score (nSPS) is 13.4. The molecule has 0 radical (unpaired) electrons. The lowest BCUT2D eigenvalue weighted by molar-refractivity contribution is -0.122. The van der Waals surface area contributed by atoms with Crippen molar-refractivity contribution in [3.8, 4) is 5.75 Å². The molecule has 0 aliphatic rings. The Morgan fingerprint density at radius 1 is 1.06 bits per heavy atom. The van der Waals surface area contributed by atoms with E-state index in [1.54, 1.807) is 7.11 Å². The van der Waals surface area contributed by atoms with Crippen molar-refractivity contribution in [2.45, 2.75) is 51.8 Å². The van der Waals surface area contributed by atoms with Gasteiger partial charge in [-0.05, 0) is 42.0 Å². The summed E-state index contributed by atoms with van der Waals surface area (Å²) in [6.07, 6.45) is 0.116. The van der Waals surface area contributed by atoms with E-state index in [0.29, 0.717) is 25.4 Å². The Morgan fingerprint density at radius 3 is 2.46 bits per heavy atom. The number of rotatable bonds is 16. The first-order chi connectivity index (χ1) is 16.7. The zero-order valence-electron chi connectivity index (χ0n) is 20.9. The maximum atomic E-state index is 12.6. The summed E-state index contributed by atoms with van der Waals surface area (Å²) in [4.78, 5) is 12.6. The van der Waals surface area contributed by atoms with Crippen LogP contribution in [0.5, 0.6) is 5.75 Å². The van der Waals surface area contributed by atoms with Gasteiger partial charge in [0.05, 0.1) is 25.0 Å². The van der Waals surface area contributed by atoms with Gasteiger partial charge >= 0.3 is 0 Å². The highest BCUT2D eigenvalue weighted by Gasteiger charge is 2.23.